The number of aromatic nitrogens is 1. The van der Waals surface area contributed by atoms with Crippen LogP contribution >= 0.6 is 0 Å². The van der Waals surface area contributed by atoms with Crippen molar-refractivity contribution in [3.8, 4) is 0 Å². The molecule has 30 heavy (non-hydrogen) atoms. The summed E-state index contributed by atoms with van der Waals surface area (Å²) in [5.74, 6) is 0. The molecule has 0 N–H and O–H groups in total. The number of anilines is 2. The van der Waals surface area contributed by atoms with Crippen molar-refractivity contribution < 1.29 is 4.52 Å². The minimum atomic E-state index is 0.133. The number of rotatable bonds is 3. The van der Waals surface area contributed by atoms with Crippen molar-refractivity contribution in [1.82, 2.24) is 10.1 Å². The van der Waals surface area contributed by atoms with Crippen molar-refractivity contribution >= 4 is 22.3 Å². The van der Waals surface area contributed by atoms with E-state index < -0.39 is 0 Å². The number of para-hydroxylation sites is 2. The third-order valence-electron chi connectivity index (χ3n) is 8.31. The lowest BCUT2D eigenvalue weighted by Gasteiger charge is -2.54. The van der Waals surface area contributed by atoms with Crippen molar-refractivity contribution in [2.75, 3.05) is 49.6 Å². The van der Waals surface area contributed by atoms with E-state index in [1.54, 1.807) is 0 Å². The highest BCUT2D eigenvalue weighted by Gasteiger charge is 2.59. The fraction of sp³-hybridized carbons (Fsp3) is 0.480. The molecule has 4 heterocycles. The number of likely N-dealkylation sites (N-methyl/N-ethyl adjacent to an activating group) is 1. The molecule has 5 heteroatoms. The van der Waals surface area contributed by atoms with Crippen molar-refractivity contribution in [3.63, 3.8) is 0 Å². The molecule has 0 bridgehead atoms. The Hall–Kier alpha value is -2.53. The first-order valence-corrected chi connectivity index (χ1v) is 11.2. The van der Waals surface area contributed by atoms with E-state index in [-0.39, 0.29) is 11.0 Å². The van der Waals surface area contributed by atoms with Crippen LogP contribution in [0, 0.1) is 0 Å². The van der Waals surface area contributed by atoms with Gasteiger partial charge in [0.05, 0.1) is 17.1 Å². The number of hydrogen-bond acceptors (Lipinski definition) is 5. The molecule has 3 aromatic rings. The van der Waals surface area contributed by atoms with E-state index >= 15 is 0 Å². The Kier molecular flexibility index (Phi) is 3.80. The molecule has 2 aromatic carbocycles. The highest BCUT2D eigenvalue weighted by atomic mass is 16.5. The Morgan fingerprint density at radius 1 is 1.03 bits per heavy atom. The van der Waals surface area contributed by atoms with Gasteiger partial charge in [-0.3, -0.25) is 0 Å². The van der Waals surface area contributed by atoms with Crippen LogP contribution in [0.25, 0.3) is 11.0 Å². The molecule has 0 amide bonds. The standard InChI is InChI=1S/C25H30N4O/c1-24-17-28(13-11-20-18-7-4-5-10-22(18)30-26-20)14-12-25(24,2)29-16-15-27(3)21-9-6-8-19(24)23(21)29/h4-10H,11-17H2,1-3H3/t24-,25-/m0/s1. The maximum atomic E-state index is 5.52. The summed E-state index contributed by atoms with van der Waals surface area (Å²) < 4.78 is 5.52. The molecule has 0 saturated carbocycles. The maximum Gasteiger partial charge on any atom is 0.167 e. The van der Waals surface area contributed by atoms with Gasteiger partial charge < -0.3 is 19.2 Å². The Labute approximate surface area is 178 Å². The number of benzene rings is 2. The van der Waals surface area contributed by atoms with Crippen LogP contribution in [0.5, 0.6) is 0 Å². The van der Waals surface area contributed by atoms with Gasteiger partial charge >= 0.3 is 0 Å². The van der Waals surface area contributed by atoms with Gasteiger partial charge in [0.2, 0.25) is 0 Å². The van der Waals surface area contributed by atoms with Crippen molar-refractivity contribution in [3.05, 3.63) is 53.7 Å². The molecule has 1 aromatic heterocycles. The quantitative estimate of drug-likeness (QED) is 0.660. The van der Waals surface area contributed by atoms with E-state index in [0.29, 0.717) is 0 Å². The molecule has 0 radical (unpaired) electrons. The van der Waals surface area contributed by atoms with Crippen LogP contribution in [0.4, 0.5) is 11.4 Å². The van der Waals surface area contributed by atoms with E-state index in [4.69, 9.17) is 4.52 Å². The zero-order chi connectivity index (χ0) is 20.5. The van der Waals surface area contributed by atoms with E-state index in [0.717, 1.165) is 55.8 Å². The molecule has 6 rings (SSSR count). The van der Waals surface area contributed by atoms with Gasteiger partial charge in [-0.25, -0.2) is 0 Å². The lowest BCUT2D eigenvalue weighted by Crippen LogP contribution is -2.64. The molecule has 3 aliphatic rings. The van der Waals surface area contributed by atoms with Crippen molar-refractivity contribution in [1.29, 1.82) is 0 Å². The Morgan fingerprint density at radius 2 is 1.90 bits per heavy atom. The lowest BCUT2D eigenvalue weighted by molar-refractivity contribution is 0.0909. The average molecular weight is 403 g/mol. The van der Waals surface area contributed by atoms with Crippen LogP contribution in [0.1, 0.15) is 31.5 Å². The van der Waals surface area contributed by atoms with Crippen molar-refractivity contribution in [2.45, 2.75) is 37.6 Å². The fourth-order valence-electron chi connectivity index (χ4n) is 6.27. The number of fused-ring (bicyclic) bond motifs is 4. The number of likely N-dealkylation sites (tertiary alicyclic amines) is 1. The van der Waals surface area contributed by atoms with Gasteiger partial charge in [0.25, 0.3) is 0 Å². The Balaban J connectivity index is 1.29. The normalized spacial score (nSPS) is 28.1. The second-order valence-corrected chi connectivity index (χ2v) is 9.75. The van der Waals surface area contributed by atoms with Gasteiger partial charge in [0, 0.05) is 62.5 Å². The summed E-state index contributed by atoms with van der Waals surface area (Å²) in [5, 5.41) is 5.51. The van der Waals surface area contributed by atoms with Crippen LogP contribution in [0.15, 0.2) is 47.0 Å². The maximum absolute atomic E-state index is 5.52. The van der Waals surface area contributed by atoms with E-state index in [2.05, 4.69) is 71.1 Å². The number of nitrogens with zero attached hydrogens (tertiary/aromatic N) is 4. The minimum absolute atomic E-state index is 0.133. The molecule has 1 fully saturated rings. The molecule has 2 atom stereocenters. The second-order valence-electron chi connectivity index (χ2n) is 9.75. The van der Waals surface area contributed by atoms with Crippen LogP contribution in [0.3, 0.4) is 0 Å². The molecule has 5 nitrogen and oxygen atoms in total. The van der Waals surface area contributed by atoms with Gasteiger partial charge in [0.15, 0.2) is 5.58 Å². The summed E-state index contributed by atoms with van der Waals surface area (Å²) in [7, 11) is 2.23. The van der Waals surface area contributed by atoms with Crippen LogP contribution in [-0.2, 0) is 11.8 Å². The molecule has 3 aliphatic heterocycles. The average Bonchev–Trinajstić information content (AvgIpc) is 3.25. The zero-order valence-electron chi connectivity index (χ0n) is 18.2. The monoisotopic (exact) mass is 402 g/mol. The molecule has 1 saturated heterocycles. The topological polar surface area (TPSA) is 35.8 Å². The van der Waals surface area contributed by atoms with E-state index in [1.807, 2.05) is 12.1 Å². The Bertz CT molecular complexity index is 1120. The molecular weight excluding hydrogens is 372 g/mol. The lowest BCUT2D eigenvalue weighted by atomic mass is 9.65. The highest BCUT2D eigenvalue weighted by Crippen LogP contribution is 2.58. The predicted octanol–water partition coefficient (Wildman–Crippen LogP) is 4.06. The van der Waals surface area contributed by atoms with E-state index in [1.165, 1.54) is 23.4 Å². The highest BCUT2D eigenvalue weighted by molar-refractivity contribution is 5.83. The summed E-state index contributed by atoms with van der Waals surface area (Å²) in [6.07, 6.45) is 2.13. The summed E-state index contributed by atoms with van der Waals surface area (Å²) in [6, 6.07) is 15.1. The largest absolute Gasteiger partial charge is 0.371 e. The zero-order valence-corrected chi connectivity index (χ0v) is 18.2. The van der Waals surface area contributed by atoms with Gasteiger partial charge in [-0.1, -0.05) is 36.3 Å². The van der Waals surface area contributed by atoms with Gasteiger partial charge in [0.1, 0.15) is 0 Å². The van der Waals surface area contributed by atoms with Gasteiger partial charge in [-0.2, -0.15) is 0 Å². The minimum Gasteiger partial charge on any atom is -0.371 e. The predicted molar refractivity (Wildman–Crippen MR) is 122 cm³/mol. The SMILES string of the molecule is CN1CCN2c3c1cccc3[C@]1(C)CN(CCc3noc4ccccc34)CC[C@]21C. The van der Waals surface area contributed by atoms with Crippen LogP contribution < -0.4 is 9.80 Å². The number of piperidine rings is 1. The molecule has 0 unspecified atom stereocenters. The first kappa shape index (κ1) is 18.3. The first-order valence-electron chi connectivity index (χ1n) is 11.2. The van der Waals surface area contributed by atoms with Crippen molar-refractivity contribution in [2.24, 2.45) is 0 Å². The third-order valence-corrected chi connectivity index (χ3v) is 8.31. The summed E-state index contributed by atoms with van der Waals surface area (Å²) in [5.41, 5.74) is 6.71. The van der Waals surface area contributed by atoms with Gasteiger partial charge in [-0.05, 0) is 37.1 Å². The summed E-state index contributed by atoms with van der Waals surface area (Å²) >= 11 is 0. The summed E-state index contributed by atoms with van der Waals surface area (Å²) in [6.45, 7) is 10.5. The third kappa shape index (κ3) is 2.30. The summed E-state index contributed by atoms with van der Waals surface area (Å²) in [4.78, 5) is 7.81. The molecular formula is C25H30N4O. The molecule has 0 spiro atoms. The second kappa shape index (κ2) is 6.24. The Morgan fingerprint density at radius 3 is 2.80 bits per heavy atom. The fourth-order valence-corrected chi connectivity index (χ4v) is 6.27. The van der Waals surface area contributed by atoms with Crippen LogP contribution in [0.2, 0.25) is 0 Å². The molecule has 156 valence electrons. The van der Waals surface area contributed by atoms with Crippen LogP contribution in [-0.4, -0.2) is 55.4 Å². The van der Waals surface area contributed by atoms with E-state index in [9.17, 15) is 0 Å². The molecule has 0 aliphatic carbocycles. The first-order chi connectivity index (χ1) is 14.5. The van der Waals surface area contributed by atoms with Gasteiger partial charge in [-0.15, -0.1) is 0 Å². The number of hydrogen-bond donors (Lipinski definition) is 0. The smallest absolute Gasteiger partial charge is 0.167 e.